The van der Waals surface area contributed by atoms with Gasteiger partial charge in [-0.1, -0.05) is 114 Å². The summed E-state index contributed by atoms with van der Waals surface area (Å²) in [5, 5.41) is 23.0. The van der Waals surface area contributed by atoms with Crippen LogP contribution in [-0.2, 0) is 9.59 Å². The summed E-state index contributed by atoms with van der Waals surface area (Å²) in [5.74, 6) is -1.81. The van der Waals surface area contributed by atoms with E-state index in [-0.39, 0.29) is 17.0 Å². The van der Waals surface area contributed by atoms with Crippen LogP contribution < -0.4 is 0 Å². The van der Waals surface area contributed by atoms with Crippen LogP contribution in [-0.4, -0.2) is 33.2 Å². The second-order valence-corrected chi connectivity index (χ2v) is 11.4. The molecule has 0 saturated carbocycles. The normalized spacial score (nSPS) is 16.4. The Balaban J connectivity index is 1.59. The number of carbonyl (C=O) groups excluding carboxylic acids is 2. The molecule has 1 amide bonds. The van der Waals surface area contributed by atoms with Gasteiger partial charge in [-0.05, 0) is 36.2 Å². The van der Waals surface area contributed by atoms with E-state index in [2.05, 4.69) is 6.92 Å². The Hall–Kier alpha value is -3.19. The van der Waals surface area contributed by atoms with Crippen molar-refractivity contribution >= 4 is 34.7 Å². The number of non-ortho nitro benzene ring substituents is 1. The molecule has 1 aliphatic rings. The number of benzene rings is 2. The molecule has 1 aliphatic heterocycles. The summed E-state index contributed by atoms with van der Waals surface area (Å²) >= 11 is 5.98. The van der Waals surface area contributed by atoms with Gasteiger partial charge in [-0.15, -0.1) is 0 Å². The molecule has 41 heavy (non-hydrogen) atoms. The highest BCUT2D eigenvalue weighted by Gasteiger charge is 2.46. The van der Waals surface area contributed by atoms with Gasteiger partial charge in [0.25, 0.3) is 17.4 Å². The number of Topliss-reactive ketones (excluding diaryl/α,β-unsaturated/α-hetero) is 1. The van der Waals surface area contributed by atoms with Crippen LogP contribution >= 0.6 is 11.6 Å². The van der Waals surface area contributed by atoms with Crippen molar-refractivity contribution in [2.75, 3.05) is 6.54 Å². The molecule has 1 fully saturated rings. The van der Waals surface area contributed by atoms with Gasteiger partial charge >= 0.3 is 0 Å². The van der Waals surface area contributed by atoms with Crippen LogP contribution in [0.25, 0.3) is 5.76 Å². The molecule has 7 nitrogen and oxygen atoms in total. The highest BCUT2D eigenvalue weighted by atomic mass is 35.5. The van der Waals surface area contributed by atoms with Crippen LogP contribution in [0.5, 0.6) is 0 Å². The number of aliphatic hydroxyl groups is 1. The predicted molar refractivity (Wildman–Crippen MR) is 164 cm³/mol. The second-order valence-electron chi connectivity index (χ2n) is 10.9. The number of nitro groups is 1. The van der Waals surface area contributed by atoms with Crippen molar-refractivity contribution in [1.82, 2.24) is 4.90 Å². The third kappa shape index (κ3) is 9.42. The van der Waals surface area contributed by atoms with Crippen molar-refractivity contribution < 1.29 is 19.6 Å². The molecule has 222 valence electrons. The first-order chi connectivity index (χ1) is 19.8. The summed E-state index contributed by atoms with van der Waals surface area (Å²) in [6, 6.07) is 11.3. The number of aliphatic hydroxyl groups excluding tert-OH is 1. The van der Waals surface area contributed by atoms with E-state index >= 15 is 0 Å². The van der Waals surface area contributed by atoms with Crippen LogP contribution in [0.3, 0.4) is 0 Å². The Bertz CT molecular complexity index is 1190. The van der Waals surface area contributed by atoms with Crippen molar-refractivity contribution in [2.45, 2.75) is 103 Å². The second kappa shape index (κ2) is 16.9. The molecular formula is C33H43ClN2O5. The fourth-order valence-electron chi connectivity index (χ4n) is 5.51. The minimum absolute atomic E-state index is 0.0665. The zero-order chi connectivity index (χ0) is 29.6. The lowest BCUT2D eigenvalue weighted by molar-refractivity contribution is -0.384. The minimum atomic E-state index is -0.910. The molecule has 2 aromatic carbocycles. The first-order valence-corrected chi connectivity index (χ1v) is 15.5. The number of nitro benzene ring substituents is 1. The molecule has 0 aromatic heterocycles. The number of carbonyl (C=O) groups is 2. The van der Waals surface area contributed by atoms with Gasteiger partial charge in [-0.2, -0.15) is 0 Å². The summed E-state index contributed by atoms with van der Waals surface area (Å²) in [5.41, 5.74) is 0.554. The average molecular weight is 583 g/mol. The number of halogens is 1. The number of hydrogen-bond donors (Lipinski definition) is 1. The lowest BCUT2D eigenvalue weighted by atomic mass is 9.95. The SMILES string of the molecule is CCCCCCCCCCCCCCCCN1C(=O)C(=O)/C(=C(/O)c2ccc(Cl)cc2)C1c1cccc([N+](=O)[O-])c1. The molecule has 0 spiro atoms. The highest BCUT2D eigenvalue weighted by Crippen LogP contribution is 2.40. The van der Waals surface area contributed by atoms with Crippen LogP contribution in [0.1, 0.15) is 114 Å². The molecule has 2 aromatic rings. The number of likely N-dealkylation sites (tertiary alicyclic amines) is 1. The van der Waals surface area contributed by atoms with Crippen LogP contribution in [0.4, 0.5) is 5.69 Å². The Morgan fingerprint density at radius 3 is 1.93 bits per heavy atom. The summed E-state index contributed by atoms with van der Waals surface area (Å²) in [4.78, 5) is 38.7. The van der Waals surface area contributed by atoms with Crippen molar-refractivity contribution in [2.24, 2.45) is 0 Å². The van der Waals surface area contributed by atoms with E-state index in [9.17, 15) is 24.8 Å². The van der Waals surface area contributed by atoms with Crippen molar-refractivity contribution in [3.05, 3.63) is 80.4 Å². The Morgan fingerprint density at radius 2 is 1.39 bits per heavy atom. The van der Waals surface area contributed by atoms with Gasteiger partial charge in [0.15, 0.2) is 0 Å². The fraction of sp³-hybridized carbons (Fsp3) is 0.515. The quantitative estimate of drug-likeness (QED) is 0.0471. The van der Waals surface area contributed by atoms with E-state index in [0.717, 1.165) is 19.3 Å². The van der Waals surface area contributed by atoms with Gasteiger partial charge in [0.05, 0.1) is 16.5 Å². The van der Waals surface area contributed by atoms with Gasteiger partial charge in [0.2, 0.25) is 0 Å². The van der Waals surface area contributed by atoms with Gasteiger partial charge in [-0.3, -0.25) is 19.7 Å². The first-order valence-electron chi connectivity index (χ1n) is 15.1. The number of nitrogens with zero attached hydrogens (tertiary/aromatic N) is 2. The fourth-order valence-corrected chi connectivity index (χ4v) is 5.63. The summed E-state index contributed by atoms with van der Waals surface area (Å²) in [7, 11) is 0. The maximum Gasteiger partial charge on any atom is 0.295 e. The molecule has 1 atom stereocenters. The topological polar surface area (TPSA) is 101 Å². The molecular weight excluding hydrogens is 540 g/mol. The summed E-state index contributed by atoms with van der Waals surface area (Å²) in [6.45, 7) is 2.57. The predicted octanol–water partition coefficient (Wildman–Crippen LogP) is 9.15. The van der Waals surface area contributed by atoms with Gasteiger partial charge < -0.3 is 10.0 Å². The third-order valence-corrected chi connectivity index (χ3v) is 8.06. The molecule has 1 N–H and O–H groups in total. The molecule has 1 unspecified atom stereocenters. The molecule has 1 heterocycles. The average Bonchev–Trinajstić information content (AvgIpc) is 3.22. The zero-order valence-electron chi connectivity index (χ0n) is 24.2. The molecule has 8 heteroatoms. The van der Waals surface area contributed by atoms with Gasteiger partial charge in [0, 0.05) is 29.3 Å². The maximum atomic E-state index is 13.2. The standard InChI is InChI=1S/C33H43ClN2O5/c1-2-3-4-5-6-7-8-9-10-11-12-13-14-15-23-35-30(26-17-16-18-28(24-26)36(40)41)29(32(38)33(35)39)31(37)25-19-21-27(34)22-20-25/h16-22,24,30,37H,2-15,23H2,1H3/b31-29+. The highest BCUT2D eigenvalue weighted by molar-refractivity contribution is 6.46. The Morgan fingerprint density at radius 1 is 0.854 bits per heavy atom. The van der Waals surface area contributed by atoms with E-state index in [1.807, 2.05) is 0 Å². The van der Waals surface area contributed by atoms with E-state index in [1.54, 1.807) is 30.3 Å². The van der Waals surface area contributed by atoms with Crippen molar-refractivity contribution in [3.8, 4) is 0 Å². The maximum absolute atomic E-state index is 13.2. The Labute approximate surface area is 248 Å². The van der Waals surface area contributed by atoms with E-state index in [0.29, 0.717) is 29.1 Å². The lowest BCUT2D eigenvalue weighted by Crippen LogP contribution is -2.30. The summed E-state index contributed by atoms with van der Waals surface area (Å²) in [6.07, 6.45) is 16.9. The number of ketones is 1. The van der Waals surface area contributed by atoms with E-state index in [4.69, 9.17) is 11.6 Å². The van der Waals surface area contributed by atoms with Gasteiger partial charge in [-0.25, -0.2) is 0 Å². The number of hydrogen-bond acceptors (Lipinski definition) is 5. The smallest absolute Gasteiger partial charge is 0.295 e. The van der Waals surface area contributed by atoms with Gasteiger partial charge in [0.1, 0.15) is 5.76 Å². The third-order valence-electron chi connectivity index (χ3n) is 7.81. The van der Waals surface area contributed by atoms with E-state index < -0.39 is 22.7 Å². The number of amides is 1. The molecule has 0 bridgehead atoms. The zero-order valence-corrected chi connectivity index (χ0v) is 24.9. The molecule has 0 aliphatic carbocycles. The molecule has 1 saturated heterocycles. The monoisotopic (exact) mass is 582 g/mol. The first kappa shape index (κ1) is 32.3. The molecule has 3 rings (SSSR count). The van der Waals surface area contributed by atoms with Crippen LogP contribution in [0.15, 0.2) is 54.1 Å². The number of rotatable bonds is 18. The summed E-state index contributed by atoms with van der Waals surface area (Å²) < 4.78 is 0. The van der Waals surface area contributed by atoms with Crippen LogP contribution in [0, 0.1) is 10.1 Å². The van der Waals surface area contributed by atoms with Crippen molar-refractivity contribution in [1.29, 1.82) is 0 Å². The van der Waals surface area contributed by atoms with E-state index in [1.165, 1.54) is 87.3 Å². The molecule has 0 radical (unpaired) electrons. The largest absolute Gasteiger partial charge is 0.507 e. The lowest BCUT2D eigenvalue weighted by Gasteiger charge is -2.25. The Kier molecular flexibility index (Phi) is 13.3. The minimum Gasteiger partial charge on any atom is -0.507 e. The number of unbranched alkanes of at least 4 members (excludes halogenated alkanes) is 13. The van der Waals surface area contributed by atoms with Crippen molar-refractivity contribution in [3.63, 3.8) is 0 Å². The van der Waals surface area contributed by atoms with Crippen LogP contribution in [0.2, 0.25) is 5.02 Å².